The van der Waals surface area contributed by atoms with Crippen molar-refractivity contribution < 1.29 is 4.79 Å². The van der Waals surface area contributed by atoms with Crippen molar-refractivity contribution in [1.29, 1.82) is 0 Å². The van der Waals surface area contributed by atoms with Crippen LogP contribution >= 0.6 is 0 Å². The highest BCUT2D eigenvalue weighted by Gasteiger charge is 2.12. The number of nitrogens with one attached hydrogen (secondary N) is 1. The Morgan fingerprint density at radius 2 is 2.00 bits per heavy atom. The summed E-state index contributed by atoms with van der Waals surface area (Å²) in [5.41, 5.74) is 3.90. The molecule has 4 heteroatoms. The van der Waals surface area contributed by atoms with Crippen molar-refractivity contribution in [3.63, 3.8) is 0 Å². The predicted octanol–water partition coefficient (Wildman–Crippen LogP) is 2.16. The fraction of sp³-hybridized carbons (Fsp3) is 0.533. The van der Waals surface area contributed by atoms with Gasteiger partial charge in [0.1, 0.15) is 0 Å². The molecule has 1 rings (SSSR count). The van der Waals surface area contributed by atoms with E-state index in [0.717, 1.165) is 18.7 Å². The highest BCUT2D eigenvalue weighted by molar-refractivity contribution is 5.93. The molecule has 0 aliphatic carbocycles. The van der Waals surface area contributed by atoms with Crippen LogP contribution in [0.25, 0.3) is 0 Å². The van der Waals surface area contributed by atoms with Crippen molar-refractivity contribution in [2.75, 3.05) is 6.54 Å². The first-order valence-electron chi connectivity index (χ1n) is 6.78. The SMILES string of the molecule is CC(C)CN(Cc1cccc(C(=O)NN)c1)C(C)C. The van der Waals surface area contributed by atoms with Gasteiger partial charge in [-0.15, -0.1) is 0 Å². The molecule has 106 valence electrons. The standard InChI is InChI=1S/C15H25N3O/c1-11(2)9-18(12(3)4)10-13-6-5-7-14(8-13)15(19)17-16/h5-8,11-12H,9-10,16H2,1-4H3,(H,17,19). The van der Waals surface area contributed by atoms with E-state index in [1.165, 1.54) is 0 Å². The summed E-state index contributed by atoms with van der Waals surface area (Å²) >= 11 is 0. The fourth-order valence-electron chi connectivity index (χ4n) is 2.06. The minimum atomic E-state index is -0.248. The van der Waals surface area contributed by atoms with Crippen molar-refractivity contribution in [3.8, 4) is 0 Å². The lowest BCUT2D eigenvalue weighted by Gasteiger charge is -2.28. The molecular formula is C15H25N3O. The number of hydrogen-bond donors (Lipinski definition) is 2. The summed E-state index contributed by atoms with van der Waals surface area (Å²) < 4.78 is 0. The van der Waals surface area contributed by atoms with E-state index in [2.05, 4.69) is 38.0 Å². The van der Waals surface area contributed by atoms with Crippen molar-refractivity contribution in [2.24, 2.45) is 11.8 Å². The maximum atomic E-state index is 11.5. The lowest BCUT2D eigenvalue weighted by atomic mass is 10.1. The van der Waals surface area contributed by atoms with Crippen LogP contribution in [0, 0.1) is 5.92 Å². The Hall–Kier alpha value is -1.39. The number of carbonyl (C=O) groups excluding carboxylic acids is 1. The monoisotopic (exact) mass is 263 g/mol. The molecule has 0 bridgehead atoms. The maximum Gasteiger partial charge on any atom is 0.265 e. The van der Waals surface area contributed by atoms with E-state index in [4.69, 9.17) is 5.84 Å². The normalized spacial score (nSPS) is 11.4. The third-order valence-corrected chi connectivity index (χ3v) is 3.04. The average Bonchev–Trinajstić information content (AvgIpc) is 2.36. The van der Waals surface area contributed by atoms with Gasteiger partial charge in [-0.05, 0) is 37.5 Å². The van der Waals surface area contributed by atoms with E-state index in [0.29, 0.717) is 17.5 Å². The second kappa shape index (κ2) is 7.26. The molecule has 0 fully saturated rings. The molecule has 0 unspecified atom stereocenters. The second-order valence-electron chi connectivity index (χ2n) is 5.59. The van der Waals surface area contributed by atoms with Gasteiger partial charge in [-0.2, -0.15) is 0 Å². The van der Waals surface area contributed by atoms with Crippen molar-refractivity contribution in [1.82, 2.24) is 10.3 Å². The van der Waals surface area contributed by atoms with Crippen LogP contribution in [-0.2, 0) is 6.54 Å². The quantitative estimate of drug-likeness (QED) is 0.470. The predicted molar refractivity (Wildman–Crippen MR) is 78.5 cm³/mol. The van der Waals surface area contributed by atoms with E-state index in [-0.39, 0.29) is 5.91 Å². The minimum Gasteiger partial charge on any atom is -0.296 e. The van der Waals surface area contributed by atoms with Crippen LogP contribution in [0.1, 0.15) is 43.6 Å². The number of nitrogens with two attached hydrogens (primary N) is 1. The van der Waals surface area contributed by atoms with Gasteiger partial charge in [0.05, 0.1) is 0 Å². The Morgan fingerprint density at radius 1 is 1.32 bits per heavy atom. The number of hydrogen-bond acceptors (Lipinski definition) is 3. The molecule has 0 saturated carbocycles. The number of nitrogens with zero attached hydrogens (tertiary/aromatic N) is 1. The van der Waals surface area contributed by atoms with Gasteiger partial charge in [-0.25, -0.2) is 5.84 Å². The first-order chi connectivity index (χ1) is 8.93. The summed E-state index contributed by atoms with van der Waals surface area (Å²) in [6.07, 6.45) is 0. The van der Waals surface area contributed by atoms with Crippen LogP contribution in [-0.4, -0.2) is 23.4 Å². The van der Waals surface area contributed by atoms with Gasteiger partial charge >= 0.3 is 0 Å². The minimum absolute atomic E-state index is 0.248. The zero-order valence-corrected chi connectivity index (χ0v) is 12.3. The fourth-order valence-corrected chi connectivity index (χ4v) is 2.06. The van der Waals surface area contributed by atoms with Crippen molar-refractivity contribution in [2.45, 2.75) is 40.3 Å². The zero-order valence-electron chi connectivity index (χ0n) is 12.3. The van der Waals surface area contributed by atoms with Crippen LogP contribution in [0.15, 0.2) is 24.3 Å². The molecule has 0 spiro atoms. The highest BCUT2D eigenvalue weighted by atomic mass is 16.2. The first kappa shape index (κ1) is 15.7. The molecular weight excluding hydrogens is 238 g/mol. The molecule has 19 heavy (non-hydrogen) atoms. The number of hydrazine groups is 1. The Morgan fingerprint density at radius 3 is 2.53 bits per heavy atom. The van der Waals surface area contributed by atoms with Gasteiger partial charge in [-0.3, -0.25) is 15.1 Å². The Kier molecular flexibility index (Phi) is 5.99. The summed E-state index contributed by atoms with van der Waals surface area (Å²) in [5, 5.41) is 0. The van der Waals surface area contributed by atoms with E-state index in [1.54, 1.807) is 6.07 Å². The molecule has 1 aromatic rings. The number of rotatable bonds is 6. The van der Waals surface area contributed by atoms with Gasteiger partial charge in [0.25, 0.3) is 5.91 Å². The van der Waals surface area contributed by atoms with Gasteiger partial charge in [-0.1, -0.05) is 26.0 Å². The molecule has 0 aliphatic rings. The summed E-state index contributed by atoms with van der Waals surface area (Å²) in [7, 11) is 0. The smallest absolute Gasteiger partial charge is 0.265 e. The summed E-state index contributed by atoms with van der Waals surface area (Å²) in [4.78, 5) is 13.9. The van der Waals surface area contributed by atoms with E-state index in [1.807, 2.05) is 18.2 Å². The Bertz CT molecular complexity index is 416. The first-order valence-corrected chi connectivity index (χ1v) is 6.78. The Labute approximate surface area is 115 Å². The molecule has 4 nitrogen and oxygen atoms in total. The molecule has 0 radical (unpaired) electrons. The van der Waals surface area contributed by atoms with Crippen LogP contribution < -0.4 is 11.3 Å². The molecule has 0 heterocycles. The molecule has 3 N–H and O–H groups in total. The summed E-state index contributed by atoms with van der Waals surface area (Å²) in [6.45, 7) is 10.7. The molecule has 1 amide bonds. The number of nitrogen functional groups attached to an aromatic ring is 1. The van der Waals surface area contributed by atoms with Crippen LogP contribution in [0.3, 0.4) is 0 Å². The van der Waals surface area contributed by atoms with Crippen LogP contribution in [0.4, 0.5) is 0 Å². The number of carbonyl (C=O) groups is 1. The van der Waals surface area contributed by atoms with E-state index < -0.39 is 0 Å². The molecule has 0 aromatic heterocycles. The summed E-state index contributed by atoms with van der Waals surface area (Å²) in [6, 6.07) is 8.09. The third-order valence-electron chi connectivity index (χ3n) is 3.04. The lowest BCUT2D eigenvalue weighted by Crippen LogP contribution is -2.34. The second-order valence-corrected chi connectivity index (χ2v) is 5.59. The van der Waals surface area contributed by atoms with Crippen LogP contribution in [0.2, 0.25) is 0 Å². The molecule has 1 aromatic carbocycles. The van der Waals surface area contributed by atoms with Gasteiger partial charge in [0.2, 0.25) is 0 Å². The van der Waals surface area contributed by atoms with E-state index >= 15 is 0 Å². The largest absolute Gasteiger partial charge is 0.296 e. The lowest BCUT2D eigenvalue weighted by molar-refractivity contribution is 0.0953. The molecule has 0 aliphatic heterocycles. The maximum absolute atomic E-state index is 11.5. The van der Waals surface area contributed by atoms with Crippen LogP contribution in [0.5, 0.6) is 0 Å². The topological polar surface area (TPSA) is 58.4 Å². The summed E-state index contributed by atoms with van der Waals surface area (Å²) in [5.74, 6) is 5.53. The number of benzene rings is 1. The highest BCUT2D eigenvalue weighted by Crippen LogP contribution is 2.12. The Balaban J connectivity index is 2.81. The number of amides is 1. The molecule has 0 atom stereocenters. The third kappa shape index (κ3) is 5.01. The van der Waals surface area contributed by atoms with Crippen molar-refractivity contribution >= 4 is 5.91 Å². The average molecular weight is 263 g/mol. The van der Waals surface area contributed by atoms with Gasteiger partial charge in [0, 0.05) is 24.7 Å². The van der Waals surface area contributed by atoms with Gasteiger partial charge in [0.15, 0.2) is 0 Å². The van der Waals surface area contributed by atoms with Gasteiger partial charge < -0.3 is 0 Å². The molecule has 0 saturated heterocycles. The zero-order chi connectivity index (χ0) is 14.4. The van der Waals surface area contributed by atoms with E-state index in [9.17, 15) is 4.79 Å². The van der Waals surface area contributed by atoms with Crippen molar-refractivity contribution in [3.05, 3.63) is 35.4 Å².